The van der Waals surface area contributed by atoms with Gasteiger partial charge in [0.05, 0.1) is 32.5 Å². The van der Waals surface area contributed by atoms with Gasteiger partial charge in [-0.2, -0.15) is 0 Å². The summed E-state index contributed by atoms with van der Waals surface area (Å²) in [5.41, 5.74) is 3.07. The first-order chi connectivity index (χ1) is 13.5. The number of aromatic nitrogens is 1. The van der Waals surface area contributed by atoms with Gasteiger partial charge >= 0.3 is 0 Å². The molecule has 0 saturated heterocycles. The summed E-state index contributed by atoms with van der Waals surface area (Å²) in [6.07, 6.45) is 3.14. The number of carbonyl (C=O) groups is 1. The van der Waals surface area contributed by atoms with Crippen LogP contribution >= 0.6 is 0 Å². The van der Waals surface area contributed by atoms with Crippen molar-refractivity contribution in [1.82, 2.24) is 4.98 Å². The number of methoxy groups -OCH3 is 3. The SMILES string of the molecule is COc1cc(/C=C/C(=O)Nc2cccc3ccc(C)nc23)cc(OC)c1OC. The molecule has 3 aromatic rings. The fraction of sp³-hybridized carbons (Fsp3) is 0.182. The van der Waals surface area contributed by atoms with Crippen LogP contribution in [-0.4, -0.2) is 32.2 Å². The average Bonchev–Trinajstić information content (AvgIpc) is 2.71. The summed E-state index contributed by atoms with van der Waals surface area (Å²) in [6.45, 7) is 1.92. The predicted octanol–water partition coefficient (Wildman–Crippen LogP) is 4.22. The molecule has 0 saturated carbocycles. The van der Waals surface area contributed by atoms with Gasteiger partial charge in [0.15, 0.2) is 11.5 Å². The summed E-state index contributed by atoms with van der Waals surface area (Å²) in [4.78, 5) is 17.0. The molecule has 0 radical (unpaired) electrons. The van der Waals surface area contributed by atoms with E-state index >= 15 is 0 Å². The van der Waals surface area contributed by atoms with E-state index < -0.39 is 0 Å². The molecule has 28 heavy (non-hydrogen) atoms. The monoisotopic (exact) mass is 378 g/mol. The van der Waals surface area contributed by atoms with Gasteiger partial charge in [-0.25, -0.2) is 0 Å². The van der Waals surface area contributed by atoms with Gasteiger partial charge in [-0.05, 0) is 42.8 Å². The largest absolute Gasteiger partial charge is 0.493 e. The number of rotatable bonds is 6. The number of carbonyl (C=O) groups excluding carboxylic acids is 1. The molecule has 0 aliphatic rings. The van der Waals surface area contributed by atoms with Gasteiger partial charge in [0.1, 0.15) is 0 Å². The van der Waals surface area contributed by atoms with Crippen molar-refractivity contribution >= 4 is 28.6 Å². The quantitative estimate of drug-likeness (QED) is 0.651. The number of hydrogen-bond donors (Lipinski definition) is 1. The van der Waals surface area contributed by atoms with Crippen LogP contribution in [0, 0.1) is 6.92 Å². The molecule has 1 N–H and O–H groups in total. The minimum absolute atomic E-state index is 0.260. The summed E-state index contributed by atoms with van der Waals surface area (Å²) >= 11 is 0. The first-order valence-corrected chi connectivity index (χ1v) is 8.71. The number of nitrogens with one attached hydrogen (secondary N) is 1. The average molecular weight is 378 g/mol. The molecule has 0 fully saturated rings. The van der Waals surface area contributed by atoms with Crippen molar-refractivity contribution in [2.75, 3.05) is 26.6 Å². The maximum absolute atomic E-state index is 12.4. The maximum Gasteiger partial charge on any atom is 0.248 e. The van der Waals surface area contributed by atoms with E-state index in [1.54, 1.807) is 39.5 Å². The summed E-state index contributed by atoms with van der Waals surface area (Å²) in [6, 6.07) is 13.2. The lowest BCUT2D eigenvalue weighted by molar-refractivity contribution is -0.111. The Hall–Kier alpha value is -3.54. The van der Waals surface area contributed by atoms with E-state index in [1.807, 2.05) is 37.3 Å². The third kappa shape index (κ3) is 4.06. The molecule has 6 heteroatoms. The van der Waals surface area contributed by atoms with Crippen LogP contribution < -0.4 is 19.5 Å². The highest BCUT2D eigenvalue weighted by atomic mass is 16.5. The lowest BCUT2D eigenvalue weighted by Crippen LogP contribution is -2.08. The van der Waals surface area contributed by atoms with Crippen molar-refractivity contribution in [1.29, 1.82) is 0 Å². The lowest BCUT2D eigenvalue weighted by Gasteiger charge is -2.12. The molecular formula is C22H22N2O4. The molecule has 1 heterocycles. The fourth-order valence-electron chi connectivity index (χ4n) is 2.89. The van der Waals surface area contributed by atoms with E-state index in [9.17, 15) is 4.79 Å². The number of nitrogens with zero attached hydrogens (tertiary/aromatic N) is 1. The third-order valence-corrected chi connectivity index (χ3v) is 4.23. The molecule has 0 spiro atoms. The number of fused-ring (bicyclic) bond motifs is 1. The smallest absolute Gasteiger partial charge is 0.248 e. The van der Waals surface area contributed by atoms with Crippen LogP contribution in [0.25, 0.3) is 17.0 Å². The van der Waals surface area contributed by atoms with Crippen LogP contribution in [0.4, 0.5) is 5.69 Å². The summed E-state index contributed by atoms with van der Waals surface area (Å²) in [5, 5.41) is 3.86. The number of pyridine rings is 1. The zero-order valence-electron chi connectivity index (χ0n) is 16.3. The van der Waals surface area contributed by atoms with Gasteiger partial charge in [-0.3, -0.25) is 9.78 Å². The number of anilines is 1. The van der Waals surface area contributed by atoms with Crippen LogP contribution in [0.3, 0.4) is 0 Å². The Kier molecular flexibility index (Phi) is 5.79. The van der Waals surface area contributed by atoms with Crippen LogP contribution in [0.1, 0.15) is 11.3 Å². The molecular weight excluding hydrogens is 356 g/mol. The van der Waals surface area contributed by atoms with Gasteiger partial charge < -0.3 is 19.5 Å². The number of aryl methyl sites for hydroxylation is 1. The number of benzene rings is 2. The molecule has 0 aliphatic carbocycles. The van der Waals surface area contributed by atoms with Crippen molar-refractivity contribution in [3.05, 3.63) is 59.8 Å². The molecule has 2 aromatic carbocycles. The fourth-order valence-corrected chi connectivity index (χ4v) is 2.89. The maximum atomic E-state index is 12.4. The van der Waals surface area contributed by atoms with E-state index in [0.29, 0.717) is 22.9 Å². The van der Waals surface area contributed by atoms with Gasteiger partial charge in [0.25, 0.3) is 0 Å². The Bertz CT molecular complexity index is 1020. The second kappa shape index (κ2) is 8.43. The number of ether oxygens (including phenoxy) is 3. The lowest BCUT2D eigenvalue weighted by atomic mass is 10.1. The second-order valence-corrected chi connectivity index (χ2v) is 6.11. The Morgan fingerprint density at radius 2 is 1.71 bits per heavy atom. The topological polar surface area (TPSA) is 69.7 Å². The first-order valence-electron chi connectivity index (χ1n) is 8.71. The van der Waals surface area contributed by atoms with Crippen molar-refractivity contribution in [3.8, 4) is 17.2 Å². The van der Waals surface area contributed by atoms with Crippen molar-refractivity contribution in [2.45, 2.75) is 6.92 Å². The van der Waals surface area contributed by atoms with E-state index in [1.165, 1.54) is 6.08 Å². The molecule has 3 rings (SSSR count). The Morgan fingerprint density at radius 3 is 2.36 bits per heavy atom. The third-order valence-electron chi connectivity index (χ3n) is 4.23. The molecule has 1 amide bonds. The van der Waals surface area contributed by atoms with Crippen molar-refractivity contribution < 1.29 is 19.0 Å². The first kappa shape index (κ1) is 19.2. The van der Waals surface area contributed by atoms with Crippen LogP contribution in [-0.2, 0) is 4.79 Å². The van der Waals surface area contributed by atoms with Crippen LogP contribution in [0.5, 0.6) is 17.2 Å². The van der Waals surface area contributed by atoms with E-state index in [2.05, 4.69) is 10.3 Å². The van der Waals surface area contributed by atoms with E-state index in [0.717, 1.165) is 22.2 Å². The van der Waals surface area contributed by atoms with Gasteiger partial charge in [0, 0.05) is 17.2 Å². The highest BCUT2D eigenvalue weighted by Crippen LogP contribution is 2.38. The zero-order valence-corrected chi connectivity index (χ0v) is 16.3. The minimum Gasteiger partial charge on any atom is -0.493 e. The van der Waals surface area contributed by atoms with E-state index in [4.69, 9.17) is 14.2 Å². The van der Waals surface area contributed by atoms with Crippen molar-refractivity contribution in [2.24, 2.45) is 0 Å². The molecule has 0 aliphatic heterocycles. The predicted molar refractivity (Wildman–Crippen MR) is 110 cm³/mol. The van der Waals surface area contributed by atoms with Crippen LogP contribution in [0.15, 0.2) is 48.5 Å². The molecule has 0 atom stereocenters. The minimum atomic E-state index is -0.260. The second-order valence-electron chi connectivity index (χ2n) is 6.11. The van der Waals surface area contributed by atoms with Gasteiger partial charge in [0.2, 0.25) is 11.7 Å². The van der Waals surface area contributed by atoms with E-state index in [-0.39, 0.29) is 5.91 Å². The Labute approximate surface area is 163 Å². The van der Waals surface area contributed by atoms with Crippen LogP contribution in [0.2, 0.25) is 0 Å². The molecule has 6 nitrogen and oxygen atoms in total. The molecule has 144 valence electrons. The highest BCUT2D eigenvalue weighted by molar-refractivity contribution is 6.06. The molecule has 1 aromatic heterocycles. The summed E-state index contributed by atoms with van der Waals surface area (Å²) in [7, 11) is 4.64. The Balaban J connectivity index is 1.84. The summed E-state index contributed by atoms with van der Waals surface area (Å²) in [5.74, 6) is 1.29. The molecule has 0 bridgehead atoms. The van der Waals surface area contributed by atoms with Gasteiger partial charge in [-0.15, -0.1) is 0 Å². The standard InChI is InChI=1S/C22H22N2O4/c1-14-8-10-16-6-5-7-17(21(16)23-14)24-20(25)11-9-15-12-18(26-2)22(28-4)19(13-15)27-3/h5-13H,1-4H3,(H,24,25)/b11-9+. The number of hydrogen-bond acceptors (Lipinski definition) is 5. The zero-order chi connectivity index (χ0) is 20.1. The normalized spacial score (nSPS) is 10.9. The number of amides is 1. The molecule has 0 unspecified atom stereocenters. The van der Waals surface area contributed by atoms with Gasteiger partial charge in [-0.1, -0.05) is 18.2 Å². The highest BCUT2D eigenvalue weighted by Gasteiger charge is 2.12. The number of para-hydroxylation sites is 1. The van der Waals surface area contributed by atoms with Crippen molar-refractivity contribution in [3.63, 3.8) is 0 Å². The summed E-state index contributed by atoms with van der Waals surface area (Å²) < 4.78 is 16.0. The Morgan fingerprint density at radius 1 is 1.00 bits per heavy atom.